The first-order valence-corrected chi connectivity index (χ1v) is 4.95. The molecular weight excluding hydrogens is 278 g/mol. The Kier molecular flexibility index (Phi) is 4.12. The smallest absolute Gasteiger partial charge is 0.405 e. The standard InChI is InChI=1S/C11H8F6O2/c1-6(18)5-7-3-2-4-8(19-11(15,16)17)9(7)10(12,13)14/h2-4H,5H2,1H3. The van der Waals surface area contributed by atoms with E-state index < -0.39 is 41.6 Å². The van der Waals surface area contributed by atoms with Gasteiger partial charge in [-0.15, -0.1) is 13.2 Å². The third-order valence-corrected chi connectivity index (χ3v) is 2.06. The molecule has 0 saturated carbocycles. The number of halogens is 6. The summed E-state index contributed by atoms with van der Waals surface area (Å²) in [5.74, 6) is -1.96. The predicted octanol–water partition coefficient (Wildman–Crippen LogP) is 3.74. The highest BCUT2D eigenvalue weighted by Crippen LogP contribution is 2.40. The van der Waals surface area contributed by atoms with Crippen LogP contribution in [0.25, 0.3) is 0 Å². The molecule has 0 saturated heterocycles. The normalized spacial score (nSPS) is 12.4. The van der Waals surface area contributed by atoms with Crippen molar-refractivity contribution in [1.29, 1.82) is 0 Å². The van der Waals surface area contributed by atoms with Gasteiger partial charge < -0.3 is 4.74 Å². The number of ketones is 1. The number of ether oxygens (including phenoxy) is 1. The number of Topliss-reactive ketones (excluding diaryl/α,β-unsaturated/α-hetero) is 1. The summed E-state index contributed by atoms with van der Waals surface area (Å²) in [6.45, 7) is 1.04. The lowest BCUT2D eigenvalue weighted by Gasteiger charge is -2.18. The minimum atomic E-state index is -5.24. The van der Waals surface area contributed by atoms with Crippen LogP contribution in [0.15, 0.2) is 18.2 Å². The second-order valence-corrected chi connectivity index (χ2v) is 3.71. The van der Waals surface area contributed by atoms with E-state index in [1.807, 2.05) is 0 Å². The minimum Gasteiger partial charge on any atom is -0.405 e. The van der Waals surface area contributed by atoms with E-state index in [-0.39, 0.29) is 0 Å². The van der Waals surface area contributed by atoms with Gasteiger partial charge >= 0.3 is 12.5 Å². The lowest BCUT2D eigenvalue weighted by Crippen LogP contribution is -2.21. The van der Waals surface area contributed by atoms with Crippen molar-refractivity contribution in [2.45, 2.75) is 25.9 Å². The van der Waals surface area contributed by atoms with Crippen LogP contribution in [-0.4, -0.2) is 12.1 Å². The summed E-state index contributed by atoms with van der Waals surface area (Å²) in [6.07, 6.45) is -10.9. The van der Waals surface area contributed by atoms with Crippen LogP contribution >= 0.6 is 0 Å². The van der Waals surface area contributed by atoms with Crippen molar-refractivity contribution < 1.29 is 35.9 Å². The van der Waals surface area contributed by atoms with Gasteiger partial charge in [0.1, 0.15) is 17.1 Å². The number of hydrogen-bond acceptors (Lipinski definition) is 2. The predicted molar refractivity (Wildman–Crippen MR) is 52.5 cm³/mol. The highest BCUT2D eigenvalue weighted by Gasteiger charge is 2.41. The number of benzene rings is 1. The van der Waals surface area contributed by atoms with Gasteiger partial charge in [-0.05, 0) is 18.6 Å². The van der Waals surface area contributed by atoms with E-state index in [1.54, 1.807) is 0 Å². The van der Waals surface area contributed by atoms with Crippen molar-refractivity contribution in [3.63, 3.8) is 0 Å². The molecule has 0 aromatic heterocycles. The molecule has 0 bridgehead atoms. The van der Waals surface area contributed by atoms with Crippen LogP contribution in [0.1, 0.15) is 18.1 Å². The topological polar surface area (TPSA) is 26.3 Å². The van der Waals surface area contributed by atoms with E-state index in [1.165, 1.54) is 0 Å². The number of carbonyl (C=O) groups is 1. The van der Waals surface area contributed by atoms with E-state index in [4.69, 9.17) is 0 Å². The van der Waals surface area contributed by atoms with Crippen LogP contribution in [0.3, 0.4) is 0 Å². The molecular formula is C11H8F6O2. The van der Waals surface area contributed by atoms with Gasteiger partial charge in [0, 0.05) is 6.42 Å². The molecule has 0 N–H and O–H groups in total. The van der Waals surface area contributed by atoms with Crippen molar-refractivity contribution in [3.8, 4) is 5.75 Å². The van der Waals surface area contributed by atoms with E-state index in [0.29, 0.717) is 6.07 Å². The Labute approximate surface area is 104 Å². The van der Waals surface area contributed by atoms with Crippen LogP contribution in [0.4, 0.5) is 26.3 Å². The zero-order valence-corrected chi connectivity index (χ0v) is 9.52. The summed E-state index contributed by atoms with van der Waals surface area (Å²) in [5, 5.41) is 0. The second-order valence-electron chi connectivity index (χ2n) is 3.71. The second kappa shape index (κ2) is 5.10. The maximum atomic E-state index is 12.8. The lowest BCUT2D eigenvalue weighted by molar-refractivity contribution is -0.276. The quantitative estimate of drug-likeness (QED) is 0.791. The summed E-state index contributed by atoms with van der Waals surface area (Å²) < 4.78 is 77.8. The average molecular weight is 286 g/mol. The average Bonchev–Trinajstić information content (AvgIpc) is 2.11. The number of rotatable bonds is 3. The Hall–Kier alpha value is -1.73. The van der Waals surface area contributed by atoms with Crippen LogP contribution in [0, 0.1) is 0 Å². The molecule has 8 heteroatoms. The summed E-state index contributed by atoms with van der Waals surface area (Å²) in [7, 11) is 0. The summed E-state index contributed by atoms with van der Waals surface area (Å²) in [6, 6.07) is 2.46. The van der Waals surface area contributed by atoms with Crippen molar-refractivity contribution in [2.24, 2.45) is 0 Å². The fourth-order valence-corrected chi connectivity index (χ4v) is 1.52. The third kappa shape index (κ3) is 4.46. The summed E-state index contributed by atoms with van der Waals surface area (Å²) >= 11 is 0. The zero-order valence-electron chi connectivity index (χ0n) is 9.52. The van der Waals surface area contributed by atoms with E-state index in [0.717, 1.165) is 19.1 Å². The van der Waals surface area contributed by atoms with E-state index in [2.05, 4.69) is 4.74 Å². The molecule has 1 aromatic carbocycles. The van der Waals surface area contributed by atoms with Gasteiger partial charge in [-0.3, -0.25) is 4.79 Å². The molecule has 0 fully saturated rings. The summed E-state index contributed by atoms with van der Waals surface area (Å²) in [5.41, 5.74) is -2.13. The maximum Gasteiger partial charge on any atom is 0.573 e. The molecule has 0 amide bonds. The van der Waals surface area contributed by atoms with Crippen molar-refractivity contribution in [3.05, 3.63) is 29.3 Å². The van der Waals surface area contributed by atoms with Crippen molar-refractivity contribution in [1.82, 2.24) is 0 Å². The fraction of sp³-hybridized carbons (Fsp3) is 0.364. The molecule has 0 radical (unpaired) electrons. The molecule has 0 aliphatic heterocycles. The molecule has 0 aliphatic carbocycles. The van der Waals surface area contributed by atoms with Gasteiger partial charge in [-0.1, -0.05) is 12.1 Å². The third-order valence-electron chi connectivity index (χ3n) is 2.06. The van der Waals surface area contributed by atoms with Crippen LogP contribution in [0.5, 0.6) is 5.75 Å². The van der Waals surface area contributed by atoms with Gasteiger partial charge in [0.25, 0.3) is 0 Å². The molecule has 0 aliphatic rings. The molecule has 0 spiro atoms. The fourth-order valence-electron chi connectivity index (χ4n) is 1.52. The first kappa shape index (κ1) is 15.3. The first-order chi connectivity index (χ1) is 8.50. The highest BCUT2D eigenvalue weighted by atomic mass is 19.4. The van der Waals surface area contributed by atoms with Gasteiger partial charge in [-0.25, -0.2) is 0 Å². The van der Waals surface area contributed by atoms with Crippen molar-refractivity contribution in [2.75, 3.05) is 0 Å². The Balaban J connectivity index is 3.35. The Morgan fingerprint density at radius 3 is 2.16 bits per heavy atom. The largest absolute Gasteiger partial charge is 0.573 e. The number of alkyl halides is 6. The lowest BCUT2D eigenvalue weighted by atomic mass is 10.0. The molecule has 106 valence electrons. The first-order valence-electron chi connectivity index (χ1n) is 4.95. The molecule has 1 rings (SSSR count). The van der Waals surface area contributed by atoms with Gasteiger partial charge in [0.05, 0.1) is 0 Å². The van der Waals surface area contributed by atoms with Crippen LogP contribution in [0.2, 0.25) is 0 Å². The van der Waals surface area contributed by atoms with Crippen LogP contribution in [-0.2, 0) is 17.4 Å². The van der Waals surface area contributed by atoms with Gasteiger partial charge in [0.2, 0.25) is 0 Å². The van der Waals surface area contributed by atoms with Gasteiger partial charge in [0.15, 0.2) is 0 Å². The van der Waals surface area contributed by atoms with Gasteiger partial charge in [-0.2, -0.15) is 13.2 Å². The molecule has 1 aromatic rings. The summed E-state index contributed by atoms with van der Waals surface area (Å²) in [4.78, 5) is 10.9. The van der Waals surface area contributed by atoms with Crippen molar-refractivity contribution >= 4 is 5.78 Å². The minimum absolute atomic E-state index is 0.554. The maximum absolute atomic E-state index is 12.8. The monoisotopic (exact) mass is 286 g/mol. The zero-order chi connectivity index (χ0) is 14.8. The highest BCUT2D eigenvalue weighted by molar-refractivity contribution is 5.78. The Bertz CT molecular complexity index is 475. The molecule has 19 heavy (non-hydrogen) atoms. The van der Waals surface area contributed by atoms with E-state index in [9.17, 15) is 31.1 Å². The Morgan fingerprint density at radius 2 is 1.74 bits per heavy atom. The number of carbonyl (C=O) groups excluding carboxylic acids is 1. The molecule has 0 heterocycles. The molecule has 2 nitrogen and oxygen atoms in total. The Morgan fingerprint density at radius 1 is 1.16 bits per heavy atom. The molecule has 0 unspecified atom stereocenters. The SMILES string of the molecule is CC(=O)Cc1cccc(OC(F)(F)F)c1C(F)(F)F. The van der Waals surface area contributed by atoms with Crippen LogP contribution < -0.4 is 4.74 Å². The number of hydrogen-bond donors (Lipinski definition) is 0. The van der Waals surface area contributed by atoms with E-state index >= 15 is 0 Å². The molecule has 0 atom stereocenters.